The largest absolute Gasteiger partial charge is 0.366 e. The second-order valence-electron chi connectivity index (χ2n) is 6.24. The number of morpholine rings is 1. The summed E-state index contributed by atoms with van der Waals surface area (Å²) < 4.78 is 7.82. The molecule has 1 saturated heterocycles. The zero-order valence-corrected chi connectivity index (χ0v) is 12.9. The molecule has 1 amide bonds. The molecule has 0 saturated carbocycles. The molecule has 1 aromatic heterocycles. The van der Waals surface area contributed by atoms with Crippen LogP contribution in [-0.2, 0) is 22.5 Å². The normalized spacial score (nSPS) is 26.4. The van der Waals surface area contributed by atoms with E-state index in [9.17, 15) is 4.79 Å². The van der Waals surface area contributed by atoms with Crippen LogP contribution in [0, 0.1) is 5.92 Å². The molecule has 3 heterocycles. The Bertz CT molecular complexity index is 502. The highest BCUT2D eigenvalue weighted by Gasteiger charge is 2.29. The minimum Gasteiger partial charge on any atom is -0.366 e. The van der Waals surface area contributed by atoms with E-state index in [-0.39, 0.29) is 12.0 Å². The fourth-order valence-electron chi connectivity index (χ4n) is 3.24. The molecular weight excluding hydrogens is 268 g/mol. The summed E-state index contributed by atoms with van der Waals surface area (Å²) in [4.78, 5) is 20.8. The number of rotatable bonds is 3. The minimum absolute atomic E-state index is 0.109. The van der Waals surface area contributed by atoms with E-state index < -0.39 is 0 Å². The van der Waals surface area contributed by atoms with E-state index in [1.807, 2.05) is 31.4 Å². The van der Waals surface area contributed by atoms with E-state index in [1.54, 1.807) is 0 Å². The predicted octanol–water partition coefficient (Wildman–Crippen LogP) is 0.235. The number of carbonyl (C=O) groups is 1. The van der Waals surface area contributed by atoms with Gasteiger partial charge in [0.2, 0.25) is 0 Å². The first-order chi connectivity index (χ1) is 10.1. The van der Waals surface area contributed by atoms with Crippen LogP contribution in [0.1, 0.15) is 12.2 Å². The summed E-state index contributed by atoms with van der Waals surface area (Å²) in [7, 11) is 3.92. The van der Waals surface area contributed by atoms with Gasteiger partial charge in [0.25, 0.3) is 5.91 Å². The number of imidazole rings is 1. The van der Waals surface area contributed by atoms with Crippen LogP contribution < -0.4 is 0 Å². The highest BCUT2D eigenvalue weighted by atomic mass is 16.5. The van der Waals surface area contributed by atoms with Crippen LogP contribution in [0.2, 0.25) is 0 Å². The van der Waals surface area contributed by atoms with Crippen molar-refractivity contribution in [3.05, 3.63) is 18.2 Å². The van der Waals surface area contributed by atoms with Crippen molar-refractivity contribution in [2.75, 3.05) is 40.3 Å². The lowest BCUT2D eigenvalue weighted by atomic mass is 9.98. The fourth-order valence-corrected chi connectivity index (χ4v) is 3.24. The molecule has 0 spiro atoms. The molecular formula is C15H24N4O2. The van der Waals surface area contributed by atoms with Gasteiger partial charge in [-0.3, -0.25) is 4.79 Å². The van der Waals surface area contributed by atoms with Gasteiger partial charge >= 0.3 is 0 Å². The number of aromatic nitrogens is 2. The number of likely N-dealkylation sites (N-methyl/N-ethyl adjacent to an activating group) is 2. The number of ether oxygens (including phenoxy) is 1. The Hall–Kier alpha value is -1.40. The average Bonchev–Trinajstić information content (AvgIpc) is 2.94. The first-order valence-electron chi connectivity index (χ1n) is 7.68. The summed E-state index contributed by atoms with van der Waals surface area (Å²) >= 11 is 0. The zero-order chi connectivity index (χ0) is 14.8. The van der Waals surface area contributed by atoms with Crippen LogP contribution in [0.25, 0.3) is 0 Å². The third-order valence-corrected chi connectivity index (χ3v) is 4.49. The Labute approximate surface area is 125 Å². The maximum absolute atomic E-state index is 12.5. The van der Waals surface area contributed by atoms with Gasteiger partial charge in [-0.15, -0.1) is 0 Å². The van der Waals surface area contributed by atoms with Crippen LogP contribution in [0.15, 0.2) is 12.4 Å². The summed E-state index contributed by atoms with van der Waals surface area (Å²) in [5, 5.41) is 0. The van der Waals surface area contributed by atoms with Gasteiger partial charge in [0.1, 0.15) is 11.9 Å². The molecule has 2 aliphatic rings. The SMILES string of the molecule is CN1CCO[C@@H](C(=O)N(C)C[C@@H]2CCc3nccn3C2)C1. The third kappa shape index (κ3) is 3.27. The van der Waals surface area contributed by atoms with Crippen molar-refractivity contribution in [2.24, 2.45) is 5.92 Å². The van der Waals surface area contributed by atoms with Crippen LogP contribution in [0.5, 0.6) is 0 Å². The van der Waals surface area contributed by atoms with Gasteiger partial charge in [0, 0.05) is 52.0 Å². The predicted molar refractivity (Wildman–Crippen MR) is 78.9 cm³/mol. The van der Waals surface area contributed by atoms with E-state index in [4.69, 9.17) is 4.74 Å². The van der Waals surface area contributed by atoms with Crippen molar-refractivity contribution in [3.63, 3.8) is 0 Å². The van der Waals surface area contributed by atoms with Crippen LogP contribution in [0.4, 0.5) is 0 Å². The smallest absolute Gasteiger partial charge is 0.252 e. The molecule has 0 radical (unpaired) electrons. The van der Waals surface area contributed by atoms with E-state index >= 15 is 0 Å². The molecule has 0 N–H and O–H groups in total. The maximum atomic E-state index is 12.5. The number of carbonyl (C=O) groups excluding carboxylic acids is 1. The number of hydrogen-bond acceptors (Lipinski definition) is 4. The fraction of sp³-hybridized carbons (Fsp3) is 0.733. The summed E-state index contributed by atoms with van der Waals surface area (Å²) in [5.74, 6) is 1.78. The number of aryl methyl sites for hydroxylation is 1. The van der Waals surface area contributed by atoms with E-state index in [1.165, 1.54) is 0 Å². The van der Waals surface area contributed by atoms with Gasteiger partial charge in [0.15, 0.2) is 0 Å². The highest BCUT2D eigenvalue weighted by Crippen LogP contribution is 2.20. The monoisotopic (exact) mass is 292 g/mol. The lowest BCUT2D eigenvalue weighted by Gasteiger charge is -2.33. The molecule has 2 aliphatic heterocycles. The molecule has 1 aromatic rings. The molecule has 0 aliphatic carbocycles. The van der Waals surface area contributed by atoms with Gasteiger partial charge in [-0.05, 0) is 19.4 Å². The Balaban J connectivity index is 1.54. The summed E-state index contributed by atoms with van der Waals surface area (Å²) in [6.07, 6.45) is 5.68. The number of fused-ring (bicyclic) bond motifs is 1. The van der Waals surface area contributed by atoms with Gasteiger partial charge in [-0.2, -0.15) is 0 Å². The second kappa shape index (κ2) is 6.15. The highest BCUT2D eigenvalue weighted by molar-refractivity contribution is 5.81. The number of amides is 1. The molecule has 1 fully saturated rings. The maximum Gasteiger partial charge on any atom is 0.252 e. The zero-order valence-electron chi connectivity index (χ0n) is 12.9. The average molecular weight is 292 g/mol. The van der Waals surface area contributed by atoms with Crippen molar-refractivity contribution in [2.45, 2.75) is 25.5 Å². The molecule has 0 aromatic carbocycles. The summed E-state index contributed by atoms with van der Waals surface area (Å²) in [6, 6.07) is 0. The minimum atomic E-state index is -0.304. The Morgan fingerprint density at radius 3 is 3.19 bits per heavy atom. The van der Waals surface area contributed by atoms with Crippen molar-refractivity contribution < 1.29 is 9.53 Å². The molecule has 6 nitrogen and oxygen atoms in total. The number of nitrogens with zero attached hydrogens (tertiary/aromatic N) is 4. The number of hydrogen-bond donors (Lipinski definition) is 0. The van der Waals surface area contributed by atoms with Crippen LogP contribution in [0.3, 0.4) is 0 Å². The van der Waals surface area contributed by atoms with Crippen molar-refractivity contribution >= 4 is 5.91 Å². The van der Waals surface area contributed by atoms with Gasteiger partial charge in [-0.1, -0.05) is 0 Å². The van der Waals surface area contributed by atoms with Crippen LogP contribution >= 0.6 is 0 Å². The van der Waals surface area contributed by atoms with Crippen LogP contribution in [-0.4, -0.2) is 71.7 Å². The molecule has 0 unspecified atom stereocenters. The first-order valence-corrected chi connectivity index (χ1v) is 7.68. The molecule has 2 atom stereocenters. The Morgan fingerprint density at radius 1 is 1.52 bits per heavy atom. The lowest BCUT2D eigenvalue weighted by Crippen LogP contribution is -2.50. The van der Waals surface area contributed by atoms with Crippen molar-refractivity contribution in [1.82, 2.24) is 19.4 Å². The quantitative estimate of drug-likeness (QED) is 0.800. The summed E-state index contributed by atoms with van der Waals surface area (Å²) in [5.41, 5.74) is 0. The molecule has 6 heteroatoms. The Morgan fingerprint density at radius 2 is 2.38 bits per heavy atom. The van der Waals surface area contributed by atoms with E-state index in [0.717, 1.165) is 38.3 Å². The van der Waals surface area contributed by atoms with E-state index in [2.05, 4.69) is 14.5 Å². The molecule has 21 heavy (non-hydrogen) atoms. The summed E-state index contributed by atoms with van der Waals surface area (Å²) in [6.45, 7) is 3.99. The van der Waals surface area contributed by atoms with Gasteiger partial charge in [0.05, 0.1) is 6.61 Å². The molecule has 3 rings (SSSR count). The standard InChI is InChI=1S/C15H24N4O2/c1-17-7-8-21-13(11-17)15(20)18(2)9-12-3-4-14-16-5-6-19(14)10-12/h5-6,12-13H,3-4,7-11H2,1-2H3/t12-,13+/m0/s1. The third-order valence-electron chi connectivity index (χ3n) is 4.49. The van der Waals surface area contributed by atoms with Gasteiger partial charge in [-0.25, -0.2) is 4.98 Å². The van der Waals surface area contributed by atoms with Gasteiger partial charge < -0.3 is 19.1 Å². The van der Waals surface area contributed by atoms with Crippen molar-refractivity contribution in [1.29, 1.82) is 0 Å². The second-order valence-corrected chi connectivity index (χ2v) is 6.24. The van der Waals surface area contributed by atoms with Crippen molar-refractivity contribution in [3.8, 4) is 0 Å². The lowest BCUT2D eigenvalue weighted by molar-refractivity contribution is -0.148. The topological polar surface area (TPSA) is 50.6 Å². The van der Waals surface area contributed by atoms with E-state index in [0.29, 0.717) is 19.1 Å². The first kappa shape index (κ1) is 14.5. The Kier molecular flexibility index (Phi) is 4.26. The molecule has 116 valence electrons. The molecule has 0 bridgehead atoms.